The molecule has 3 aromatic carbocycles. The van der Waals surface area contributed by atoms with Crippen LogP contribution >= 0.6 is 0 Å². The van der Waals surface area contributed by atoms with E-state index in [0.717, 1.165) is 5.56 Å². The van der Waals surface area contributed by atoms with Gasteiger partial charge in [0, 0.05) is 11.3 Å². The molecule has 0 radical (unpaired) electrons. The summed E-state index contributed by atoms with van der Waals surface area (Å²) in [6.45, 7) is 6.55. The Morgan fingerprint density at radius 1 is 0.917 bits per heavy atom. The standard InChI is InChI=1S/C29H29NO6/c1-5-35-22-12-8-10-20(16-22)27(31)25-26(19-13-14-23(36-6-2)24(17-19)34-4)30(29(33)28(25)32)21-11-7-9-18(3)15-21/h7-17,26,31H,5-6H2,1-4H3/b27-25-. The summed E-state index contributed by atoms with van der Waals surface area (Å²) in [5, 5.41) is 11.4. The number of aryl methyl sites for hydroxylation is 1. The van der Waals surface area contributed by atoms with Crippen molar-refractivity contribution < 1.29 is 28.9 Å². The number of nitrogens with zero attached hydrogens (tertiary/aromatic N) is 1. The van der Waals surface area contributed by atoms with Crippen molar-refractivity contribution in [2.24, 2.45) is 0 Å². The number of ether oxygens (including phenoxy) is 3. The minimum atomic E-state index is -0.882. The monoisotopic (exact) mass is 487 g/mol. The van der Waals surface area contributed by atoms with Crippen molar-refractivity contribution >= 4 is 23.1 Å². The number of anilines is 1. The average Bonchev–Trinajstić information content (AvgIpc) is 3.14. The van der Waals surface area contributed by atoms with Gasteiger partial charge in [0.15, 0.2) is 11.5 Å². The normalized spacial score (nSPS) is 16.8. The average molecular weight is 488 g/mol. The highest BCUT2D eigenvalue weighted by Crippen LogP contribution is 2.44. The van der Waals surface area contributed by atoms with Gasteiger partial charge >= 0.3 is 0 Å². The van der Waals surface area contributed by atoms with Crippen LogP contribution in [0.1, 0.15) is 36.6 Å². The van der Waals surface area contributed by atoms with Crippen LogP contribution in [0.3, 0.4) is 0 Å². The van der Waals surface area contributed by atoms with Crippen LogP contribution in [0.2, 0.25) is 0 Å². The molecule has 4 rings (SSSR count). The maximum absolute atomic E-state index is 13.4. The van der Waals surface area contributed by atoms with E-state index in [1.807, 2.05) is 39.0 Å². The largest absolute Gasteiger partial charge is 0.507 e. The number of aliphatic hydroxyl groups excluding tert-OH is 1. The lowest BCUT2D eigenvalue weighted by Gasteiger charge is -2.26. The lowest BCUT2D eigenvalue weighted by atomic mass is 9.94. The topological polar surface area (TPSA) is 85.3 Å². The molecule has 0 aromatic heterocycles. The van der Waals surface area contributed by atoms with Crippen molar-refractivity contribution in [1.29, 1.82) is 0 Å². The smallest absolute Gasteiger partial charge is 0.300 e. The maximum Gasteiger partial charge on any atom is 0.300 e. The van der Waals surface area contributed by atoms with Gasteiger partial charge in [0.05, 0.1) is 31.9 Å². The first kappa shape index (κ1) is 24.9. The van der Waals surface area contributed by atoms with Gasteiger partial charge < -0.3 is 19.3 Å². The van der Waals surface area contributed by atoms with E-state index in [-0.39, 0.29) is 11.3 Å². The predicted molar refractivity (Wildman–Crippen MR) is 138 cm³/mol. The van der Waals surface area contributed by atoms with E-state index in [1.165, 1.54) is 12.0 Å². The summed E-state index contributed by atoms with van der Waals surface area (Å²) in [7, 11) is 1.53. The third kappa shape index (κ3) is 4.64. The lowest BCUT2D eigenvalue weighted by molar-refractivity contribution is -0.132. The summed E-state index contributed by atoms with van der Waals surface area (Å²) < 4.78 is 16.7. The van der Waals surface area contributed by atoms with Crippen LogP contribution in [0.15, 0.2) is 72.3 Å². The molecule has 7 heteroatoms. The molecule has 186 valence electrons. The Hall–Kier alpha value is -4.26. The van der Waals surface area contributed by atoms with E-state index in [1.54, 1.807) is 48.5 Å². The Labute approximate surface area is 210 Å². The molecule has 0 aliphatic carbocycles. The molecular weight excluding hydrogens is 458 g/mol. The van der Waals surface area contributed by atoms with Crippen LogP contribution in [-0.4, -0.2) is 37.1 Å². The Morgan fingerprint density at radius 3 is 2.36 bits per heavy atom. The molecule has 1 amide bonds. The van der Waals surface area contributed by atoms with Gasteiger partial charge in [-0.1, -0.05) is 30.3 Å². The number of rotatable bonds is 8. The van der Waals surface area contributed by atoms with Crippen molar-refractivity contribution in [2.45, 2.75) is 26.8 Å². The highest BCUT2D eigenvalue weighted by atomic mass is 16.5. The second-order valence-electron chi connectivity index (χ2n) is 8.31. The zero-order chi connectivity index (χ0) is 25.8. The molecule has 1 fully saturated rings. The van der Waals surface area contributed by atoms with Crippen LogP contribution in [0.5, 0.6) is 17.2 Å². The van der Waals surface area contributed by atoms with Crippen LogP contribution in [0.4, 0.5) is 5.69 Å². The van der Waals surface area contributed by atoms with Gasteiger partial charge in [-0.15, -0.1) is 0 Å². The van der Waals surface area contributed by atoms with Crippen molar-refractivity contribution in [1.82, 2.24) is 0 Å². The van der Waals surface area contributed by atoms with Gasteiger partial charge in [-0.3, -0.25) is 14.5 Å². The third-order valence-electron chi connectivity index (χ3n) is 5.95. The first-order chi connectivity index (χ1) is 17.4. The molecule has 0 bridgehead atoms. The number of ketones is 1. The predicted octanol–water partition coefficient (Wildman–Crippen LogP) is 5.43. The van der Waals surface area contributed by atoms with Crippen LogP contribution in [0.25, 0.3) is 5.76 Å². The molecule has 3 aromatic rings. The minimum Gasteiger partial charge on any atom is -0.507 e. The molecule has 1 unspecified atom stereocenters. The van der Waals surface area contributed by atoms with Gasteiger partial charge in [-0.05, 0) is 68.3 Å². The number of hydrogen-bond donors (Lipinski definition) is 1. The summed E-state index contributed by atoms with van der Waals surface area (Å²) in [5.41, 5.74) is 2.45. The summed E-state index contributed by atoms with van der Waals surface area (Å²) >= 11 is 0. The van der Waals surface area contributed by atoms with E-state index >= 15 is 0 Å². The number of hydrogen-bond acceptors (Lipinski definition) is 6. The molecule has 1 saturated heterocycles. The van der Waals surface area contributed by atoms with E-state index < -0.39 is 17.7 Å². The van der Waals surface area contributed by atoms with E-state index in [0.29, 0.717) is 47.3 Å². The van der Waals surface area contributed by atoms with Crippen LogP contribution in [0, 0.1) is 6.92 Å². The van der Waals surface area contributed by atoms with Crippen molar-refractivity contribution in [3.05, 3.63) is 89.0 Å². The van der Waals surface area contributed by atoms with E-state index in [9.17, 15) is 14.7 Å². The van der Waals surface area contributed by atoms with Crippen molar-refractivity contribution in [2.75, 3.05) is 25.2 Å². The fourth-order valence-corrected chi connectivity index (χ4v) is 4.38. The molecular formula is C29H29NO6. The van der Waals surface area contributed by atoms with Gasteiger partial charge in [-0.25, -0.2) is 0 Å². The van der Waals surface area contributed by atoms with Crippen molar-refractivity contribution in [3.63, 3.8) is 0 Å². The molecule has 1 N–H and O–H groups in total. The maximum atomic E-state index is 13.4. The second-order valence-corrected chi connectivity index (χ2v) is 8.31. The molecule has 1 heterocycles. The molecule has 1 aliphatic rings. The number of Topliss-reactive ketones (excluding diaryl/α,β-unsaturated/α-hetero) is 1. The quantitative estimate of drug-likeness (QED) is 0.259. The highest BCUT2D eigenvalue weighted by molar-refractivity contribution is 6.51. The fourth-order valence-electron chi connectivity index (χ4n) is 4.38. The Morgan fingerprint density at radius 2 is 1.67 bits per heavy atom. The minimum absolute atomic E-state index is 0.0126. The summed E-state index contributed by atoms with van der Waals surface area (Å²) in [5.74, 6) is -0.213. The summed E-state index contributed by atoms with van der Waals surface area (Å²) in [6, 6.07) is 18.5. The van der Waals surface area contributed by atoms with E-state index in [4.69, 9.17) is 14.2 Å². The first-order valence-electron chi connectivity index (χ1n) is 11.8. The van der Waals surface area contributed by atoms with E-state index in [2.05, 4.69) is 0 Å². The lowest BCUT2D eigenvalue weighted by Crippen LogP contribution is -2.29. The molecule has 1 atom stereocenters. The number of benzene rings is 3. The summed E-state index contributed by atoms with van der Waals surface area (Å²) in [6.07, 6.45) is 0. The van der Waals surface area contributed by atoms with Gasteiger partial charge in [-0.2, -0.15) is 0 Å². The number of amides is 1. The van der Waals surface area contributed by atoms with Gasteiger partial charge in [0.25, 0.3) is 11.7 Å². The number of carbonyl (C=O) groups excluding carboxylic acids is 2. The van der Waals surface area contributed by atoms with Crippen LogP contribution in [-0.2, 0) is 9.59 Å². The fraction of sp³-hybridized carbons (Fsp3) is 0.241. The van der Waals surface area contributed by atoms with Crippen molar-refractivity contribution in [3.8, 4) is 17.2 Å². The molecule has 1 aliphatic heterocycles. The first-order valence-corrected chi connectivity index (χ1v) is 11.8. The highest BCUT2D eigenvalue weighted by Gasteiger charge is 2.47. The number of methoxy groups -OCH3 is 1. The zero-order valence-corrected chi connectivity index (χ0v) is 20.8. The van der Waals surface area contributed by atoms with Gasteiger partial charge in [0.1, 0.15) is 11.5 Å². The molecule has 0 saturated carbocycles. The summed E-state index contributed by atoms with van der Waals surface area (Å²) in [4.78, 5) is 28.2. The van der Waals surface area contributed by atoms with Gasteiger partial charge in [0.2, 0.25) is 0 Å². The Balaban J connectivity index is 1.94. The molecule has 7 nitrogen and oxygen atoms in total. The zero-order valence-electron chi connectivity index (χ0n) is 20.8. The molecule has 0 spiro atoms. The Bertz CT molecular complexity index is 1330. The Kier molecular flexibility index (Phi) is 7.29. The SMILES string of the molecule is CCOc1cccc(/C(O)=C2/C(=O)C(=O)N(c3cccc(C)c3)C2c2ccc(OCC)c(OC)c2)c1. The number of aliphatic hydroxyl groups is 1. The number of carbonyl (C=O) groups is 2. The second kappa shape index (κ2) is 10.6. The third-order valence-corrected chi connectivity index (χ3v) is 5.95. The molecule has 36 heavy (non-hydrogen) atoms. The van der Waals surface area contributed by atoms with Crippen LogP contribution < -0.4 is 19.1 Å².